The highest BCUT2D eigenvalue weighted by molar-refractivity contribution is 5.94. The van der Waals surface area contributed by atoms with Crippen LogP contribution in [0.15, 0.2) is 30.5 Å². The minimum absolute atomic E-state index is 0.158. The normalized spacial score (nSPS) is 10.2. The average molecular weight is 278 g/mol. The molecule has 0 saturated heterocycles. The van der Waals surface area contributed by atoms with Gasteiger partial charge in [0, 0.05) is 12.1 Å². The minimum atomic E-state index is -1.16. The Morgan fingerprint density at radius 2 is 2.00 bits per heavy atom. The van der Waals surface area contributed by atoms with Crippen LogP contribution in [0.1, 0.15) is 20.8 Å². The number of carbonyl (C=O) groups is 2. The van der Waals surface area contributed by atoms with Gasteiger partial charge in [0.15, 0.2) is 5.69 Å². The van der Waals surface area contributed by atoms with E-state index < -0.39 is 11.8 Å². The molecular formula is C12H11FN4O3. The molecule has 1 aromatic carbocycles. The molecule has 0 aliphatic rings. The maximum absolute atomic E-state index is 12.7. The van der Waals surface area contributed by atoms with Gasteiger partial charge in [-0.2, -0.15) is 0 Å². The molecule has 104 valence electrons. The van der Waals surface area contributed by atoms with E-state index >= 15 is 0 Å². The SMILES string of the molecule is O=C(NCCn1cc(C(=O)O)nn1)c1ccc(F)cc1. The number of carbonyl (C=O) groups excluding carboxylic acids is 1. The molecule has 8 heteroatoms. The summed E-state index contributed by atoms with van der Waals surface area (Å²) in [6, 6.07) is 5.16. The first-order valence-electron chi connectivity index (χ1n) is 5.73. The van der Waals surface area contributed by atoms with E-state index in [9.17, 15) is 14.0 Å². The standard InChI is InChI=1S/C12H11FN4O3/c13-9-3-1-8(2-4-9)11(18)14-5-6-17-7-10(12(19)20)15-16-17/h1-4,7H,5-6H2,(H,14,18)(H,19,20). The van der Waals surface area contributed by atoms with Gasteiger partial charge in [-0.05, 0) is 24.3 Å². The molecule has 2 N–H and O–H groups in total. The van der Waals surface area contributed by atoms with E-state index in [1.54, 1.807) is 0 Å². The fourth-order valence-electron chi connectivity index (χ4n) is 1.49. The van der Waals surface area contributed by atoms with Crippen LogP contribution in [-0.2, 0) is 6.54 Å². The van der Waals surface area contributed by atoms with Crippen molar-refractivity contribution in [2.45, 2.75) is 6.54 Å². The predicted molar refractivity (Wildman–Crippen MR) is 65.7 cm³/mol. The van der Waals surface area contributed by atoms with Gasteiger partial charge in [0.1, 0.15) is 5.82 Å². The molecule has 1 heterocycles. The van der Waals surface area contributed by atoms with Crippen LogP contribution in [0, 0.1) is 5.82 Å². The van der Waals surface area contributed by atoms with Crippen LogP contribution in [0.3, 0.4) is 0 Å². The highest BCUT2D eigenvalue weighted by Gasteiger charge is 2.08. The monoisotopic (exact) mass is 278 g/mol. The summed E-state index contributed by atoms with van der Waals surface area (Å²) in [5.41, 5.74) is 0.186. The first kappa shape index (κ1) is 13.7. The van der Waals surface area contributed by atoms with Gasteiger partial charge in [-0.1, -0.05) is 5.21 Å². The van der Waals surface area contributed by atoms with Crippen molar-refractivity contribution in [2.24, 2.45) is 0 Å². The maximum Gasteiger partial charge on any atom is 0.358 e. The van der Waals surface area contributed by atoms with Gasteiger partial charge in [0.25, 0.3) is 5.91 Å². The average Bonchev–Trinajstić information content (AvgIpc) is 2.88. The number of rotatable bonds is 5. The second-order valence-corrected chi connectivity index (χ2v) is 3.93. The highest BCUT2D eigenvalue weighted by Crippen LogP contribution is 2.02. The van der Waals surface area contributed by atoms with Crippen LogP contribution < -0.4 is 5.32 Å². The first-order valence-corrected chi connectivity index (χ1v) is 5.73. The van der Waals surface area contributed by atoms with Gasteiger partial charge in [0.2, 0.25) is 0 Å². The smallest absolute Gasteiger partial charge is 0.358 e. The van der Waals surface area contributed by atoms with Crippen molar-refractivity contribution in [1.82, 2.24) is 20.3 Å². The van der Waals surface area contributed by atoms with E-state index in [1.807, 2.05) is 0 Å². The fraction of sp³-hybridized carbons (Fsp3) is 0.167. The molecule has 0 unspecified atom stereocenters. The van der Waals surface area contributed by atoms with Crippen molar-refractivity contribution in [3.63, 3.8) is 0 Å². The Bertz CT molecular complexity index is 624. The molecule has 0 radical (unpaired) electrons. The van der Waals surface area contributed by atoms with Gasteiger partial charge in [-0.3, -0.25) is 4.79 Å². The Morgan fingerprint density at radius 3 is 2.60 bits per heavy atom. The number of hydrogen-bond acceptors (Lipinski definition) is 4. The summed E-state index contributed by atoms with van der Waals surface area (Å²) in [5, 5.41) is 18.3. The van der Waals surface area contributed by atoms with Crippen LogP contribution in [0.4, 0.5) is 4.39 Å². The molecule has 1 amide bonds. The molecule has 7 nitrogen and oxygen atoms in total. The Hall–Kier alpha value is -2.77. The van der Waals surface area contributed by atoms with Crippen LogP contribution >= 0.6 is 0 Å². The molecule has 2 rings (SSSR count). The number of aromatic carboxylic acids is 1. The minimum Gasteiger partial charge on any atom is -0.476 e. The van der Waals surface area contributed by atoms with E-state index in [0.29, 0.717) is 5.56 Å². The third-order valence-corrected chi connectivity index (χ3v) is 2.49. The van der Waals surface area contributed by atoms with Gasteiger partial charge >= 0.3 is 5.97 Å². The lowest BCUT2D eigenvalue weighted by Gasteiger charge is -2.04. The zero-order valence-electron chi connectivity index (χ0n) is 10.3. The molecule has 1 aromatic heterocycles. The van der Waals surface area contributed by atoms with E-state index in [1.165, 1.54) is 35.1 Å². The number of hydrogen-bond donors (Lipinski definition) is 2. The lowest BCUT2D eigenvalue weighted by Crippen LogP contribution is -2.27. The maximum atomic E-state index is 12.7. The summed E-state index contributed by atoms with van der Waals surface area (Å²) in [7, 11) is 0. The zero-order chi connectivity index (χ0) is 14.5. The van der Waals surface area contributed by atoms with Crippen LogP contribution in [0.25, 0.3) is 0 Å². The summed E-state index contributed by atoms with van der Waals surface area (Å²) in [6.45, 7) is 0.534. The van der Waals surface area contributed by atoms with Crippen molar-refractivity contribution in [2.75, 3.05) is 6.54 Å². The molecule has 0 spiro atoms. The Balaban J connectivity index is 1.84. The van der Waals surface area contributed by atoms with Gasteiger partial charge in [0.05, 0.1) is 12.7 Å². The first-order chi connectivity index (χ1) is 9.56. The number of aromatic nitrogens is 3. The number of benzene rings is 1. The second kappa shape index (κ2) is 5.91. The zero-order valence-corrected chi connectivity index (χ0v) is 10.3. The van der Waals surface area contributed by atoms with Gasteiger partial charge < -0.3 is 10.4 Å². The quantitative estimate of drug-likeness (QED) is 0.832. The third-order valence-electron chi connectivity index (χ3n) is 2.49. The lowest BCUT2D eigenvalue weighted by molar-refractivity contribution is 0.0690. The summed E-state index contributed by atoms with van der Waals surface area (Å²) < 4.78 is 14.0. The van der Waals surface area contributed by atoms with Crippen molar-refractivity contribution >= 4 is 11.9 Å². The summed E-state index contributed by atoms with van der Waals surface area (Å²) in [5.74, 6) is -1.92. The van der Waals surface area contributed by atoms with Gasteiger partial charge in [-0.15, -0.1) is 5.10 Å². The number of carboxylic acid groups (broad SMARTS) is 1. The Kier molecular flexibility index (Phi) is 4.04. The summed E-state index contributed by atoms with van der Waals surface area (Å²) in [6.07, 6.45) is 1.27. The molecule has 0 aliphatic carbocycles. The largest absolute Gasteiger partial charge is 0.476 e. The molecule has 0 saturated carbocycles. The molecule has 20 heavy (non-hydrogen) atoms. The number of amides is 1. The number of halogens is 1. The molecule has 0 aliphatic heterocycles. The van der Waals surface area contributed by atoms with E-state index in [4.69, 9.17) is 5.11 Å². The van der Waals surface area contributed by atoms with Crippen molar-refractivity contribution in [3.8, 4) is 0 Å². The van der Waals surface area contributed by atoms with Crippen molar-refractivity contribution in [1.29, 1.82) is 0 Å². The van der Waals surface area contributed by atoms with Crippen molar-refractivity contribution < 1.29 is 19.1 Å². The Morgan fingerprint density at radius 1 is 1.30 bits per heavy atom. The molecule has 0 fully saturated rings. The number of nitrogens with zero attached hydrogens (tertiary/aromatic N) is 3. The lowest BCUT2D eigenvalue weighted by atomic mass is 10.2. The topological polar surface area (TPSA) is 97.1 Å². The Labute approximate surface area is 113 Å². The second-order valence-electron chi connectivity index (χ2n) is 3.93. The third kappa shape index (κ3) is 3.37. The van der Waals surface area contributed by atoms with Crippen molar-refractivity contribution in [3.05, 3.63) is 47.5 Å². The molecular weight excluding hydrogens is 267 g/mol. The molecule has 2 aromatic rings. The van der Waals surface area contributed by atoms with Crippen LogP contribution in [0.2, 0.25) is 0 Å². The number of carboxylic acids is 1. The fourth-order valence-corrected chi connectivity index (χ4v) is 1.49. The highest BCUT2D eigenvalue weighted by atomic mass is 19.1. The summed E-state index contributed by atoms with van der Waals surface area (Å²) in [4.78, 5) is 22.3. The van der Waals surface area contributed by atoms with Crippen LogP contribution in [0.5, 0.6) is 0 Å². The number of nitrogens with one attached hydrogen (secondary N) is 1. The summed E-state index contributed by atoms with van der Waals surface area (Å²) >= 11 is 0. The van der Waals surface area contributed by atoms with Gasteiger partial charge in [-0.25, -0.2) is 13.9 Å². The van der Waals surface area contributed by atoms with Crippen LogP contribution in [-0.4, -0.2) is 38.5 Å². The molecule has 0 atom stereocenters. The molecule has 0 bridgehead atoms. The van der Waals surface area contributed by atoms with E-state index in [2.05, 4.69) is 15.6 Å². The predicted octanol–water partition coefficient (Wildman–Crippen LogP) is 0.545. The van der Waals surface area contributed by atoms with E-state index in [-0.39, 0.29) is 24.7 Å². The van der Waals surface area contributed by atoms with E-state index in [0.717, 1.165) is 0 Å².